The number of carbonyl (C=O) groups excluding carboxylic acids is 1. The maximum atomic E-state index is 11.9. The van der Waals surface area contributed by atoms with E-state index in [-0.39, 0.29) is 5.78 Å². The van der Waals surface area contributed by atoms with E-state index in [1.807, 2.05) is 24.3 Å². The van der Waals surface area contributed by atoms with Crippen LogP contribution in [0.5, 0.6) is 0 Å². The van der Waals surface area contributed by atoms with E-state index >= 15 is 0 Å². The average Bonchev–Trinajstić information content (AvgIpc) is 2.28. The summed E-state index contributed by atoms with van der Waals surface area (Å²) >= 11 is 11.5. The lowest BCUT2D eigenvalue weighted by molar-refractivity contribution is 0.0986. The number of hydrogen-bond acceptors (Lipinski definition) is 1. The molecule has 0 heterocycles. The van der Waals surface area contributed by atoms with Gasteiger partial charge in [-0.05, 0) is 24.3 Å². The van der Waals surface area contributed by atoms with E-state index in [1.165, 1.54) is 5.56 Å². The van der Waals surface area contributed by atoms with Gasteiger partial charge in [-0.2, -0.15) is 0 Å². The maximum Gasteiger partial charge on any atom is 0.180 e. The van der Waals surface area contributed by atoms with Crippen molar-refractivity contribution in [3.8, 4) is 0 Å². The fourth-order valence-corrected chi connectivity index (χ4v) is 2.25. The van der Waals surface area contributed by atoms with Gasteiger partial charge in [0.15, 0.2) is 5.78 Å². The van der Waals surface area contributed by atoms with Gasteiger partial charge < -0.3 is 0 Å². The van der Waals surface area contributed by atoms with Crippen LogP contribution in [0.15, 0.2) is 24.3 Å². The largest absolute Gasteiger partial charge is 0.293 e. The Morgan fingerprint density at radius 1 is 1.24 bits per heavy atom. The van der Waals surface area contributed by atoms with Crippen LogP contribution < -0.4 is 0 Å². The van der Waals surface area contributed by atoms with Crippen molar-refractivity contribution in [3.63, 3.8) is 0 Å². The summed E-state index contributed by atoms with van der Waals surface area (Å²) in [6, 6.07) is 7.70. The molecular weight excluding hydrogens is 255 g/mol. The van der Waals surface area contributed by atoms with Crippen molar-refractivity contribution >= 4 is 29.0 Å². The highest BCUT2D eigenvalue weighted by Crippen LogP contribution is 2.15. The summed E-state index contributed by atoms with van der Waals surface area (Å²) < 4.78 is 0. The Morgan fingerprint density at radius 2 is 1.82 bits per heavy atom. The number of rotatable bonds is 6. The zero-order chi connectivity index (χ0) is 12.8. The summed E-state index contributed by atoms with van der Waals surface area (Å²) in [5.74, 6) is 0.989. The highest BCUT2D eigenvalue weighted by Gasteiger charge is 2.16. The van der Waals surface area contributed by atoms with E-state index in [4.69, 9.17) is 23.2 Å². The zero-order valence-corrected chi connectivity index (χ0v) is 11.8. The Morgan fingerprint density at radius 3 is 2.29 bits per heavy atom. The Labute approximate surface area is 113 Å². The summed E-state index contributed by atoms with van der Waals surface area (Å²) in [6.07, 6.45) is 1.54. The Bertz CT molecular complexity index is 357. The fourth-order valence-electron chi connectivity index (χ4n) is 1.68. The quantitative estimate of drug-likeness (QED) is 0.557. The van der Waals surface area contributed by atoms with E-state index in [9.17, 15) is 4.79 Å². The molecule has 94 valence electrons. The monoisotopic (exact) mass is 272 g/mol. The number of ketones is 1. The highest BCUT2D eigenvalue weighted by atomic mass is 35.5. The normalized spacial score (nSPS) is 12.8. The van der Waals surface area contributed by atoms with Crippen LogP contribution >= 0.6 is 23.2 Å². The molecule has 0 amide bonds. The first-order valence-electron chi connectivity index (χ1n) is 5.87. The highest BCUT2D eigenvalue weighted by molar-refractivity contribution is 6.34. The number of alkyl halides is 2. The molecule has 0 aliphatic carbocycles. The topological polar surface area (TPSA) is 17.1 Å². The van der Waals surface area contributed by atoms with Gasteiger partial charge in [-0.25, -0.2) is 0 Å². The number of halogens is 2. The van der Waals surface area contributed by atoms with Crippen molar-refractivity contribution in [3.05, 3.63) is 35.4 Å². The van der Waals surface area contributed by atoms with E-state index in [2.05, 4.69) is 13.8 Å². The van der Waals surface area contributed by atoms with Crippen LogP contribution in [0, 0.1) is 5.92 Å². The molecule has 0 radical (unpaired) electrons. The fraction of sp³-hybridized carbons (Fsp3) is 0.500. The average molecular weight is 273 g/mol. The number of benzene rings is 1. The van der Waals surface area contributed by atoms with E-state index in [1.54, 1.807) is 0 Å². The SMILES string of the molecule is CC(C)Cc1ccc(C(=O)C(Cl)CCCl)cc1. The first-order valence-corrected chi connectivity index (χ1v) is 6.85. The van der Waals surface area contributed by atoms with Crippen LogP contribution in [-0.2, 0) is 6.42 Å². The summed E-state index contributed by atoms with van der Waals surface area (Å²) in [5, 5.41) is -0.511. The third-order valence-electron chi connectivity index (χ3n) is 2.53. The summed E-state index contributed by atoms with van der Waals surface area (Å²) in [7, 11) is 0. The minimum absolute atomic E-state index is 0.0385. The van der Waals surface area contributed by atoms with E-state index in [0.717, 1.165) is 6.42 Å². The molecule has 0 aromatic heterocycles. The second-order valence-electron chi connectivity index (χ2n) is 4.60. The van der Waals surface area contributed by atoms with Crippen molar-refractivity contribution in [2.75, 3.05) is 5.88 Å². The number of carbonyl (C=O) groups is 1. The van der Waals surface area contributed by atoms with Crippen LogP contribution in [0.3, 0.4) is 0 Å². The third kappa shape index (κ3) is 4.69. The lowest BCUT2D eigenvalue weighted by Crippen LogP contribution is -2.15. The molecule has 1 nitrogen and oxygen atoms in total. The molecule has 3 heteroatoms. The minimum atomic E-state index is -0.511. The molecule has 17 heavy (non-hydrogen) atoms. The van der Waals surface area contributed by atoms with Crippen LogP contribution in [0.2, 0.25) is 0 Å². The molecule has 0 fully saturated rings. The van der Waals surface area contributed by atoms with Gasteiger partial charge >= 0.3 is 0 Å². The number of hydrogen-bond donors (Lipinski definition) is 0. The maximum absolute atomic E-state index is 11.9. The summed E-state index contributed by atoms with van der Waals surface area (Å²) in [4.78, 5) is 11.9. The van der Waals surface area contributed by atoms with Crippen LogP contribution in [0.4, 0.5) is 0 Å². The van der Waals surface area contributed by atoms with Crippen molar-refractivity contribution < 1.29 is 4.79 Å². The second kappa shape index (κ2) is 7.03. The molecular formula is C14H18Cl2O. The first-order chi connectivity index (χ1) is 8.04. The molecule has 0 saturated heterocycles. The van der Waals surface area contributed by atoms with Gasteiger partial charge in [-0.3, -0.25) is 4.79 Å². The van der Waals surface area contributed by atoms with Gasteiger partial charge in [-0.15, -0.1) is 23.2 Å². The molecule has 1 unspecified atom stereocenters. The lowest BCUT2D eigenvalue weighted by atomic mass is 9.99. The molecule has 0 aliphatic heterocycles. The summed E-state index contributed by atoms with van der Waals surface area (Å²) in [6.45, 7) is 4.35. The molecule has 1 atom stereocenters. The van der Waals surface area contributed by atoms with Gasteiger partial charge in [-0.1, -0.05) is 38.1 Å². The minimum Gasteiger partial charge on any atom is -0.293 e. The predicted molar refractivity (Wildman–Crippen MR) is 74.3 cm³/mol. The molecule has 1 aromatic rings. The summed E-state index contributed by atoms with van der Waals surface area (Å²) in [5.41, 5.74) is 1.92. The molecule has 0 N–H and O–H groups in total. The third-order valence-corrected chi connectivity index (χ3v) is 3.16. The van der Waals surface area contributed by atoms with Crippen LogP contribution in [0.1, 0.15) is 36.2 Å². The first kappa shape index (κ1) is 14.5. The Balaban J connectivity index is 2.70. The van der Waals surface area contributed by atoms with Crippen molar-refractivity contribution in [2.45, 2.75) is 32.1 Å². The molecule has 0 bridgehead atoms. The molecule has 0 saturated carbocycles. The van der Waals surface area contributed by atoms with Gasteiger partial charge in [0.2, 0.25) is 0 Å². The second-order valence-corrected chi connectivity index (χ2v) is 5.51. The molecule has 1 rings (SSSR count). The van der Waals surface area contributed by atoms with Crippen molar-refractivity contribution in [2.24, 2.45) is 5.92 Å². The Hall–Kier alpha value is -0.530. The molecule has 0 spiro atoms. The van der Waals surface area contributed by atoms with Gasteiger partial charge in [0.05, 0.1) is 5.38 Å². The van der Waals surface area contributed by atoms with Gasteiger partial charge in [0, 0.05) is 11.4 Å². The zero-order valence-electron chi connectivity index (χ0n) is 10.2. The van der Waals surface area contributed by atoms with Gasteiger partial charge in [0.1, 0.15) is 0 Å². The smallest absolute Gasteiger partial charge is 0.180 e. The van der Waals surface area contributed by atoms with Crippen LogP contribution in [-0.4, -0.2) is 17.0 Å². The van der Waals surface area contributed by atoms with Crippen LogP contribution in [0.25, 0.3) is 0 Å². The lowest BCUT2D eigenvalue weighted by Gasteiger charge is -2.08. The van der Waals surface area contributed by atoms with Crippen molar-refractivity contribution in [1.29, 1.82) is 0 Å². The standard InChI is InChI=1S/C14H18Cl2O/c1-10(2)9-11-3-5-12(6-4-11)14(17)13(16)7-8-15/h3-6,10,13H,7-9H2,1-2H3. The number of Topliss-reactive ketones (excluding diaryl/α,β-unsaturated/α-hetero) is 1. The van der Waals surface area contributed by atoms with Crippen molar-refractivity contribution in [1.82, 2.24) is 0 Å². The Kier molecular flexibility index (Phi) is 6.01. The molecule has 1 aromatic carbocycles. The van der Waals surface area contributed by atoms with E-state index in [0.29, 0.717) is 23.8 Å². The predicted octanol–water partition coefficient (Wildman–Crippen LogP) is 4.30. The van der Waals surface area contributed by atoms with E-state index < -0.39 is 5.38 Å². The van der Waals surface area contributed by atoms with Gasteiger partial charge in [0.25, 0.3) is 0 Å². The molecule has 0 aliphatic rings.